The number of hydrogen-bond donors (Lipinski definition) is 0. The topological polar surface area (TPSA) is 65.0 Å². The molecular formula is C23H12Br2ClNO4. The van der Waals surface area contributed by atoms with Crippen LogP contribution in [0.1, 0.15) is 21.5 Å². The van der Waals surface area contributed by atoms with Crippen LogP contribution < -0.4 is 4.74 Å². The van der Waals surface area contributed by atoms with Gasteiger partial charge in [-0.2, -0.15) is 0 Å². The van der Waals surface area contributed by atoms with Gasteiger partial charge in [-0.05, 0) is 79.9 Å². The minimum atomic E-state index is -0.588. The second-order valence-corrected chi connectivity index (χ2v) is 8.50. The summed E-state index contributed by atoms with van der Waals surface area (Å²) >= 11 is 12.9. The van der Waals surface area contributed by atoms with Crippen molar-refractivity contribution in [3.8, 4) is 5.75 Å². The molecule has 8 heteroatoms. The van der Waals surface area contributed by atoms with Crippen molar-refractivity contribution >= 4 is 67.4 Å². The summed E-state index contributed by atoms with van der Waals surface area (Å²) in [5.41, 5.74) is 1.79. The molecule has 3 aromatic rings. The molecule has 0 spiro atoms. The van der Waals surface area contributed by atoms with E-state index in [9.17, 15) is 9.59 Å². The summed E-state index contributed by atoms with van der Waals surface area (Å²) in [4.78, 5) is 29.0. The highest BCUT2D eigenvalue weighted by Crippen LogP contribution is 2.36. The van der Waals surface area contributed by atoms with Crippen LogP contribution in [-0.4, -0.2) is 17.8 Å². The van der Waals surface area contributed by atoms with E-state index < -0.39 is 11.9 Å². The molecule has 0 saturated heterocycles. The third kappa shape index (κ3) is 4.79. The maximum absolute atomic E-state index is 12.5. The molecule has 1 aliphatic heterocycles. The van der Waals surface area contributed by atoms with E-state index in [1.165, 1.54) is 0 Å². The van der Waals surface area contributed by atoms with Gasteiger partial charge in [0, 0.05) is 5.56 Å². The van der Waals surface area contributed by atoms with Crippen molar-refractivity contribution in [1.29, 1.82) is 0 Å². The molecule has 0 unspecified atom stereocenters. The number of ether oxygens (including phenoxy) is 2. The zero-order valence-electron chi connectivity index (χ0n) is 15.6. The van der Waals surface area contributed by atoms with Gasteiger partial charge in [-0.25, -0.2) is 14.6 Å². The Kier molecular flexibility index (Phi) is 6.36. The number of cyclic esters (lactones) is 1. The molecule has 0 atom stereocenters. The number of benzene rings is 3. The Bertz CT molecular complexity index is 1230. The number of hydrogen-bond acceptors (Lipinski definition) is 5. The van der Waals surface area contributed by atoms with Gasteiger partial charge in [-0.15, -0.1) is 0 Å². The molecule has 0 aliphatic carbocycles. The number of aliphatic imine (C=N–C) groups is 1. The Morgan fingerprint density at radius 2 is 1.65 bits per heavy atom. The number of rotatable bonds is 4. The Balaban J connectivity index is 1.60. The fraction of sp³-hybridized carbons (Fsp3) is 0. The summed E-state index contributed by atoms with van der Waals surface area (Å²) in [5, 5.41) is 0.299. The zero-order chi connectivity index (χ0) is 22.0. The molecule has 0 bridgehead atoms. The predicted molar refractivity (Wildman–Crippen MR) is 125 cm³/mol. The minimum Gasteiger partial charge on any atom is -0.420 e. The average Bonchev–Trinajstić information content (AvgIpc) is 3.12. The smallest absolute Gasteiger partial charge is 0.363 e. The van der Waals surface area contributed by atoms with Crippen molar-refractivity contribution in [3.63, 3.8) is 0 Å². The van der Waals surface area contributed by atoms with E-state index in [1.807, 2.05) is 30.3 Å². The van der Waals surface area contributed by atoms with Crippen LogP contribution in [0.3, 0.4) is 0 Å². The summed E-state index contributed by atoms with van der Waals surface area (Å²) < 4.78 is 11.8. The number of carbonyl (C=O) groups is 2. The van der Waals surface area contributed by atoms with Crippen molar-refractivity contribution in [2.24, 2.45) is 4.99 Å². The second-order valence-electron chi connectivity index (χ2n) is 6.39. The molecule has 0 radical (unpaired) electrons. The minimum absolute atomic E-state index is 0.165. The third-order valence-electron chi connectivity index (χ3n) is 4.25. The first-order valence-electron chi connectivity index (χ1n) is 8.96. The SMILES string of the molecule is O=C1OC(c2ccccc2)=N/C1=C\c1cc(Br)c(OC(=O)c2ccccc2Cl)c(Br)c1. The van der Waals surface area contributed by atoms with Crippen LogP contribution in [0.5, 0.6) is 5.75 Å². The molecule has 0 N–H and O–H groups in total. The Hall–Kier alpha value is -2.74. The number of nitrogens with zero attached hydrogens (tertiary/aromatic N) is 1. The van der Waals surface area contributed by atoms with Crippen molar-refractivity contribution in [2.45, 2.75) is 0 Å². The maximum Gasteiger partial charge on any atom is 0.363 e. The molecule has 1 aliphatic rings. The first kappa shape index (κ1) is 21.5. The first-order chi connectivity index (χ1) is 14.9. The Morgan fingerprint density at radius 1 is 1.00 bits per heavy atom. The van der Waals surface area contributed by atoms with Gasteiger partial charge < -0.3 is 9.47 Å². The van der Waals surface area contributed by atoms with Crippen molar-refractivity contribution < 1.29 is 19.1 Å². The van der Waals surface area contributed by atoms with Gasteiger partial charge in [0.2, 0.25) is 5.90 Å². The molecule has 0 amide bonds. The van der Waals surface area contributed by atoms with Gasteiger partial charge in [0.15, 0.2) is 11.4 Å². The van der Waals surface area contributed by atoms with Crippen LogP contribution in [-0.2, 0) is 9.53 Å². The van der Waals surface area contributed by atoms with E-state index >= 15 is 0 Å². The van der Waals surface area contributed by atoms with Gasteiger partial charge in [-0.1, -0.05) is 41.9 Å². The summed E-state index contributed by atoms with van der Waals surface area (Å²) in [6.45, 7) is 0. The van der Waals surface area contributed by atoms with Crippen LogP contribution in [0.2, 0.25) is 5.02 Å². The summed E-state index contributed by atoms with van der Waals surface area (Å²) in [5.74, 6) is -0.593. The highest BCUT2D eigenvalue weighted by Gasteiger charge is 2.24. The van der Waals surface area contributed by atoms with Gasteiger partial charge >= 0.3 is 11.9 Å². The highest BCUT2D eigenvalue weighted by molar-refractivity contribution is 9.11. The van der Waals surface area contributed by atoms with Crippen molar-refractivity contribution in [1.82, 2.24) is 0 Å². The Labute approximate surface area is 199 Å². The summed E-state index contributed by atoms with van der Waals surface area (Å²) in [6, 6.07) is 19.2. The fourth-order valence-corrected chi connectivity index (χ4v) is 4.40. The third-order valence-corrected chi connectivity index (χ3v) is 5.76. The molecule has 4 rings (SSSR count). The lowest BCUT2D eigenvalue weighted by Crippen LogP contribution is -2.10. The quantitative estimate of drug-likeness (QED) is 0.209. The number of halogens is 3. The molecule has 0 saturated carbocycles. The van der Waals surface area contributed by atoms with E-state index in [-0.39, 0.29) is 22.9 Å². The molecular weight excluding hydrogens is 550 g/mol. The Morgan fingerprint density at radius 3 is 2.32 bits per heavy atom. The van der Waals surface area contributed by atoms with Crippen LogP contribution >= 0.6 is 43.5 Å². The van der Waals surface area contributed by atoms with Gasteiger partial charge in [-0.3, -0.25) is 0 Å². The predicted octanol–water partition coefficient (Wildman–Crippen LogP) is 6.43. The monoisotopic (exact) mass is 559 g/mol. The van der Waals surface area contributed by atoms with E-state index in [0.29, 0.717) is 25.1 Å². The zero-order valence-corrected chi connectivity index (χ0v) is 19.6. The molecule has 154 valence electrons. The molecule has 5 nitrogen and oxygen atoms in total. The lowest BCUT2D eigenvalue weighted by atomic mass is 10.2. The van der Waals surface area contributed by atoms with Gasteiger partial charge in [0.05, 0.1) is 19.5 Å². The summed E-state index contributed by atoms with van der Waals surface area (Å²) in [6.07, 6.45) is 1.59. The summed E-state index contributed by atoms with van der Waals surface area (Å²) in [7, 11) is 0. The maximum atomic E-state index is 12.5. The normalized spacial score (nSPS) is 14.4. The molecule has 31 heavy (non-hydrogen) atoms. The highest BCUT2D eigenvalue weighted by atomic mass is 79.9. The van der Waals surface area contributed by atoms with Crippen LogP contribution in [0, 0.1) is 0 Å². The van der Waals surface area contributed by atoms with Crippen LogP contribution in [0.15, 0.2) is 86.4 Å². The van der Waals surface area contributed by atoms with Crippen molar-refractivity contribution in [3.05, 3.63) is 103 Å². The van der Waals surface area contributed by atoms with Gasteiger partial charge in [0.1, 0.15) is 0 Å². The van der Waals surface area contributed by atoms with Crippen LogP contribution in [0.25, 0.3) is 6.08 Å². The lowest BCUT2D eigenvalue weighted by molar-refractivity contribution is -0.129. The molecule has 3 aromatic carbocycles. The van der Waals surface area contributed by atoms with E-state index in [4.69, 9.17) is 21.1 Å². The van der Waals surface area contributed by atoms with Crippen molar-refractivity contribution in [2.75, 3.05) is 0 Å². The largest absolute Gasteiger partial charge is 0.420 e. The van der Waals surface area contributed by atoms with E-state index in [0.717, 1.165) is 0 Å². The second kappa shape index (κ2) is 9.18. The number of carbonyl (C=O) groups excluding carboxylic acids is 2. The average molecular weight is 562 g/mol. The standard InChI is InChI=1S/C23H12Br2ClNO4/c24-16-10-13(12-19-23(29)31-21(27-19)14-6-2-1-3-7-14)11-17(25)20(16)30-22(28)15-8-4-5-9-18(15)26/h1-12H/b19-12-. The number of esters is 2. The van der Waals surface area contributed by atoms with E-state index in [2.05, 4.69) is 36.9 Å². The molecule has 1 heterocycles. The fourth-order valence-electron chi connectivity index (χ4n) is 2.81. The molecule has 0 aromatic heterocycles. The van der Waals surface area contributed by atoms with Gasteiger partial charge in [0.25, 0.3) is 0 Å². The molecule has 0 fully saturated rings. The van der Waals surface area contributed by atoms with Crippen LogP contribution in [0.4, 0.5) is 0 Å². The first-order valence-corrected chi connectivity index (χ1v) is 10.9. The van der Waals surface area contributed by atoms with E-state index in [1.54, 1.807) is 42.5 Å². The lowest BCUT2D eigenvalue weighted by Gasteiger charge is -2.10.